The molecule has 0 bridgehead atoms. The van der Waals surface area contributed by atoms with Crippen LogP contribution in [0.1, 0.15) is 21.6 Å². The van der Waals surface area contributed by atoms with Crippen molar-refractivity contribution in [2.75, 3.05) is 20.7 Å². The number of hydrogen-bond acceptors (Lipinski definition) is 4. The first-order valence-corrected chi connectivity index (χ1v) is 10.9. The van der Waals surface area contributed by atoms with Crippen LogP contribution in [0.4, 0.5) is 0 Å². The predicted molar refractivity (Wildman–Crippen MR) is 120 cm³/mol. The van der Waals surface area contributed by atoms with Crippen molar-refractivity contribution < 1.29 is 19.2 Å². The summed E-state index contributed by atoms with van der Waals surface area (Å²) in [5, 5.41) is 5.10. The van der Waals surface area contributed by atoms with Gasteiger partial charge in [-0.3, -0.25) is 4.79 Å². The van der Waals surface area contributed by atoms with E-state index < -0.39 is 0 Å². The van der Waals surface area contributed by atoms with Gasteiger partial charge in [0, 0.05) is 6.54 Å². The Labute approximate surface area is 182 Å². The molecule has 0 radical (unpaired) electrons. The van der Waals surface area contributed by atoms with Gasteiger partial charge in [-0.05, 0) is 47.2 Å². The molecule has 0 aliphatic rings. The average molecular weight is 426 g/mol. The highest BCUT2D eigenvalue weighted by Crippen LogP contribution is 2.28. The number of rotatable bonds is 10. The van der Waals surface area contributed by atoms with Crippen LogP contribution in [-0.4, -0.2) is 26.6 Å². The van der Waals surface area contributed by atoms with Crippen LogP contribution in [-0.2, 0) is 24.5 Å². The van der Waals surface area contributed by atoms with Crippen molar-refractivity contribution in [2.45, 2.75) is 26.6 Å². The fourth-order valence-electron chi connectivity index (χ4n) is 3.14. The fourth-order valence-corrected chi connectivity index (χ4v) is 4.16. The Kier molecular flexibility index (Phi) is 7.88. The van der Waals surface area contributed by atoms with E-state index in [1.165, 1.54) is 15.3 Å². The lowest BCUT2D eigenvalue weighted by Crippen LogP contribution is -3.08. The number of nitrogens with one attached hydrogen (secondary N) is 2. The summed E-state index contributed by atoms with van der Waals surface area (Å²) >= 11 is 1.74. The molecule has 1 unspecified atom stereocenters. The zero-order valence-electron chi connectivity index (χ0n) is 17.7. The summed E-state index contributed by atoms with van der Waals surface area (Å²) < 4.78 is 11.4. The van der Waals surface area contributed by atoms with Crippen LogP contribution >= 0.6 is 11.3 Å². The molecule has 6 heteroatoms. The molecule has 3 rings (SSSR count). The van der Waals surface area contributed by atoms with E-state index in [1.54, 1.807) is 18.4 Å². The number of quaternary nitrogens is 1. The van der Waals surface area contributed by atoms with Crippen LogP contribution in [0.2, 0.25) is 0 Å². The third-order valence-corrected chi connectivity index (χ3v) is 5.87. The second-order valence-electron chi connectivity index (χ2n) is 7.37. The highest BCUT2D eigenvalue weighted by molar-refractivity contribution is 7.10. The molecule has 3 aromatic rings. The summed E-state index contributed by atoms with van der Waals surface area (Å²) in [5.41, 5.74) is 3.36. The molecule has 0 saturated heterocycles. The summed E-state index contributed by atoms with van der Waals surface area (Å²) in [6, 6.07) is 17.9. The molecule has 2 aromatic carbocycles. The number of carbonyl (C=O) groups excluding carboxylic acids is 1. The number of carbonyl (C=O) groups is 1. The zero-order valence-corrected chi connectivity index (χ0v) is 18.6. The lowest BCUT2D eigenvalue weighted by molar-refractivity contribution is -0.885. The number of amides is 1. The minimum atomic E-state index is 0.0325. The molecule has 158 valence electrons. The Hall–Kier alpha value is -2.83. The van der Waals surface area contributed by atoms with Gasteiger partial charge in [-0.1, -0.05) is 36.4 Å². The van der Waals surface area contributed by atoms with Crippen molar-refractivity contribution in [1.82, 2.24) is 5.32 Å². The standard InChI is InChI=1S/C24H28N2O3S/c1-18-11-12-30-23(18)15-26(2)16-24(27)25-14-20-9-10-21(22(13-20)28-3)29-17-19-7-5-4-6-8-19/h4-13H,14-17H2,1-3H3,(H,25,27)/p+1. The van der Waals surface area contributed by atoms with Gasteiger partial charge >= 0.3 is 0 Å². The van der Waals surface area contributed by atoms with Gasteiger partial charge in [0.2, 0.25) is 0 Å². The lowest BCUT2D eigenvalue weighted by Gasteiger charge is -2.15. The molecule has 1 heterocycles. The summed E-state index contributed by atoms with van der Waals surface area (Å²) in [4.78, 5) is 14.8. The van der Waals surface area contributed by atoms with E-state index in [9.17, 15) is 4.79 Å². The number of methoxy groups -OCH3 is 1. The molecule has 2 N–H and O–H groups in total. The number of aryl methyl sites for hydroxylation is 1. The Morgan fingerprint density at radius 1 is 1.07 bits per heavy atom. The first-order chi connectivity index (χ1) is 14.5. The van der Waals surface area contributed by atoms with E-state index in [2.05, 4.69) is 23.7 Å². The van der Waals surface area contributed by atoms with Gasteiger partial charge in [0.1, 0.15) is 13.2 Å². The SMILES string of the molecule is COc1cc(CNC(=O)C[NH+](C)Cc2sccc2C)ccc1OCc1ccccc1. The largest absolute Gasteiger partial charge is 0.493 e. The van der Waals surface area contributed by atoms with E-state index >= 15 is 0 Å². The van der Waals surface area contributed by atoms with E-state index in [1.807, 2.05) is 55.6 Å². The van der Waals surface area contributed by atoms with Gasteiger partial charge in [0.25, 0.3) is 5.91 Å². The predicted octanol–water partition coefficient (Wildman–Crippen LogP) is 2.98. The van der Waals surface area contributed by atoms with Crippen molar-refractivity contribution in [2.24, 2.45) is 0 Å². The van der Waals surface area contributed by atoms with E-state index in [-0.39, 0.29) is 5.91 Å². The number of hydrogen-bond donors (Lipinski definition) is 2. The Morgan fingerprint density at radius 3 is 2.57 bits per heavy atom. The molecule has 0 saturated carbocycles. The number of thiophene rings is 1. The quantitative estimate of drug-likeness (QED) is 0.525. The van der Waals surface area contributed by atoms with E-state index in [0.29, 0.717) is 31.2 Å². The lowest BCUT2D eigenvalue weighted by atomic mass is 10.2. The minimum absolute atomic E-state index is 0.0325. The smallest absolute Gasteiger partial charge is 0.275 e. The fraction of sp³-hybridized carbons (Fsp3) is 0.292. The van der Waals surface area contributed by atoms with Crippen LogP contribution in [0.15, 0.2) is 60.0 Å². The number of ether oxygens (including phenoxy) is 2. The van der Waals surface area contributed by atoms with Gasteiger partial charge in [0.05, 0.1) is 19.0 Å². The van der Waals surface area contributed by atoms with Gasteiger partial charge in [-0.2, -0.15) is 0 Å². The third-order valence-electron chi connectivity index (χ3n) is 4.85. The monoisotopic (exact) mass is 425 g/mol. The molecule has 5 nitrogen and oxygen atoms in total. The van der Waals surface area contributed by atoms with Crippen LogP contribution in [0.3, 0.4) is 0 Å². The molecule has 1 aromatic heterocycles. The first-order valence-electron chi connectivity index (χ1n) is 9.99. The zero-order chi connectivity index (χ0) is 21.3. The summed E-state index contributed by atoms with van der Waals surface area (Å²) in [7, 11) is 3.67. The second-order valence-corrected chi connectivity index (χ2v) is 8.37. The van der Waals surface area contributed by atoms with E-state index in [4.69, 9.17) is 9.47 Å². The average Bonchev–Trinajstić information content (AvgIpc) is 3.15. The highest BCUT2D eigenvalue weighted by atomic mass is 32.1. The maximum Gasteiger partial charge on any atom is 0.275 e. The topological polar surface area (TPSA) is 52.0 Å². The van der Waals surface area contributed by atoms with Crippen molar-refractivity contribution in [3.63, 3.8) is 0 Å². The molecular formula is C24H29N2O3S+. The number of benzene rings is 2. The summed E-state index contributed by atoms with van der Waals surface area (Å²) in [5.74, 6) is 1.38. The summed E-state index contributed by atoms with van der Waals surface area (Å²) in [6.45, 7) is 4.34. The maximum absolute atomic E-state index is 12.3. The van der Waals surface area contributed by atoms with Gasteiger partial charge in [0.15, 0.2) is 18.0 Å². The molecule has 0 aliphatic carbocycles. The first kappa shape index (κ1) is 21.9. The molecule has 1 atom stereocenters. The minimum Gasteiger partial charge on any atom is -0.493 e. The summed E-state index contributed by atoms with van der Waals surface area (Å²) in [6.07, 6.45) is 0. The molecule has 0 fully saturated rings. The number of likely N-dealkylation sites (N-methyl/N-ethyl adjacent to an activating group) is 1. The van der Waals surface area contributed by atoms with Gasteiger partial charge in [-0.25, -0.2) is 0 Å². The van der Waals surface area contributed by atoms with Gasteiger partial charge < -0.3 is 19.7 Å². The Bertz CT molecular complexity index is 956. The van der Waals surface area contributed by atoms with Crippen molar-refractivity contribution in [3.8, 4) is 11.5 Å². The Balaban J connectivity index is 1.49. The van der Waals surface area contributed by atoms with Crippen molar-refractivity contribution >= 4 is 17.2 Å². The van der Waals surface area contributed by atoms with Crippen LogP contribution < -0.4 is 19.7 Å². The molecule has 0 aliphatic heterocycles. The normalized spacial score (nSPS) is 11.7. The molecule has 1 amide bonds. The van der Waals surface area contributed by atoms with E-state index in [0.717, 1.165) is 17.7 Å². The molecular weight excluding hydrogens is 396 g/mol. The second kappa shape index (κ2) is 10.8. The van der Waals surface area contributed by atoms with Crippen molar-refractivity contribution in [3.05, 3.63) is 81.5 Å². The molecule has 0 spiro atoms. The van der Waals surface area contributed by atoms with Crippen molar-refractivity contribution in [1.29, 1.82) is 0 Å². The maximum atomic E-state index is 12.3. The molecule has 30 heavy (non-hydrogen) atoms. The Morgan fingerprint density at radius 2 is 1.87 bits per heavy atom. The van der Waals surface area contributed by atoms with Gasteiger partial charge in [-0.15, -0.1) is 11.3 Å². The van der Waals surface area contributed by atoms with Crippen LogP contribution in [0, 0.1) is 6.92 Å². The van der Waals surface area contributed by atoms with Crippen LogP contribution in [0.5, 0.6) is 11.5 Å². The highest BCUT2D eigenvalue weighted by Gasteiger charge is 2.13. The third kappa shape index (κ3) is 6.34. The van der Waals surface area contributed by atoms with Crippen LogP contribution in [0.25, 0.3) is 0 Å².